The number of aryl methyl sites for hydroxylation is 1. The number of hydrogen-bond donors (Lipinski definition) is 2. The molecular formula is C27H30FN7O3. The number of carbonyl (C=O) groups excluding carboxylic acids is 2. The molecule has 1 saturated heterocycles. The summed E-state index contributed by atoms with van der Waals surface area (Å²) in [6, 6.07) is 7.99. The van der Waals surface area contributed by atoms with Crippen molar-refractivity contribution in [1.82, 2.24) is 29.4 Å². The number of nitrogens with zero attached hydrogens (tertiary/aromatic N) is 5. The molecule has 4 heterocycles. The Labute approximate surface area is 219 Å². The number of likely N-dealkylation sites (tertiary alicyclic amines) is 1. The SMILES string of the molecule is COCC1CCCN1CCNC(=O)c1ccc(F)c(NC(=O)c2cnc3cc(-c4cnn(C)c4)ccn23)c1. The van der Waals surface area contributed by atoms with Gasteiger partial charge in [-0.25, -0.2) is 9.37 Å². The highest BCUT2D eigenvalue weighted by atomic mass is 19.1. The number of methoxy groups -OCH3 is 1. The molecule has 1 aliphatic rings. The summed E-state index contributed by atoms with van der Waals surface area (Å²) >= 11 is 0. The number of fused-ring (bicyclic) bond motifs is 1. The highest BCUT2D eigenvalue weighted by molar-refractivity contribution is 6.04. The van der Waals surface area contributed by atoms with Crippen molar-refractivity contribution in [2.75, 3.05) is 38.7 Å². The summed E-state index contributed by atoms with van der Waals surface area (Å²) in [4.78, 5) is 32.4. The van der Waals surface area contributed by atoms with E-state index in [1.807, 2.05) is 25.4 Å². The number of imidazole rings is 1. The third-order valence-corrected chi connectivity index (χ3v) is 6.80. The molecule has 10 nitrogen and oxygen atoms in total. The molecule has 1 fully saturated rings. The van der Waals surface area contributed by atoms with E-state index in [1.54, 1.807) is 28.6 Å². The summed E-state index contributed by atoms with van der Waals surface area (Å²) in [5.74, 6) is -1.51. The molecule has 5 rings (SSSR count). The van der Waals surface area contributed by atoms with E-state index < -0.39 is 11.7 Å². The zero-order valence-corrected chi connectivity index (χ0v) is 21.4. The van der Waals surface area contributed by atoms with Crippen LogP contribution in [0.1, 0.15) is 33.7 Å². The van der Waals surface area contributed by atoms with Gasteiger partial charge in [-0.15, -0.1) is 0 Å². The van der Waals surface area contributed by atoms with Gasteiger partial charge in [0.25, 0.3) is 11.8 Å². The molecule has 3 aromatic heterocycles. The number of nitrogens with one attached hydrogen (secondary N) is 2. The van der Waals surface area contributed by atoms with Gasteiger partial charge in [0.2, 0.25) is 0 Å². The average Bonchev–Trinajstić information content (AvgIpc) is 3.65. The van der Waals surface area contributed by atoms with Gasteiger partial charge in [0.1, 0.15) is 17.2 Å². The second-order valence-electron chi connectivity index (χ2n) is 9.38. The summed E-state index contributed by atoms with van der Waals surface area (Å²) in [5.41, 5.74) is 2.82. The number of halogens is 1. The summed E-state index contributed by atoms with van der Waals surface area (Å²) in [7, 11) is 3.53. The van der Waals surface area contributed by atoms with Crippen molar-refractivity contribution in [2.24, 2.45) is 7.05 Å². The number of ether oxygens (including phenoxy) is 1. The van der Waals surface area contributed by atoms with Crippen LogP contribution in [0.15, 0.2) is 55.1 Å². The molecule has 0 radical (unpaired) electrons. The van der Waals surface area contributed by atoms with E-state index in [2.05, 4.69) is 25.6 Å². The molecule has 1 atom stereocenters. The Bertz CT molecular complexity index is 1460. The molecule has 0 saturated carbocycles. The van der Waals surface area contributed by atoms with Crippen molar-refractivity contribution in [3.63, 3.8) is 0 Å². The van der Waals surface area contributed by atoms with Gasteiger partial charge in [0.05, 0.1) is 24.7 Å². The van der Waals surface area contributed by atoms with E-state index in [9.17, 15) is 14.0 Å². The molecule has 1 aromatic carbocycles. The molecule has 4 aromatic rings. The second kappa shape index (κ2) is 11.1. The molecule has 0 bridgehead atoms. The highest BCUT2D eigenvalue weighted by Crippen LogP contribution is 2.22. The average molecular weight is 520 g/mol. The molecule has 198 valence electrons. The van der Waals surface area contributed by atoms with E-state index in [0.717, 1.165) is 30.5 Å². The van der Waals surface area contributed by atoms with Crippen LogP contribution >= 0.6 is 0 Å². The van der Waals surface area contributed by atoms with Gasteiger partial charge in [0, 0.05) is 56.8 Å². The Morgan fingerprint density at radius 3 is 2.82 bits per heavy atom. The van der Waals surface area contributed by atoms with Crippen LogP contribution in [0, 0.1) is 5.82 Å². The first-order valence-electron chi connectivity index (χ1n) is 12.5. The molecule has 0 aliphatic carbocycles. The number of anilines is 1. The van der Waals surface area contributed by atoms with Crippen LogP contribution in [0.3, 0.4) is 0 Å². The van der Waals surface area contributed by atoms with Gasteiger partial charge in [0.15, 0.2) is 0 Å². The molecule has 38 heavy (non-hydrogen) atoms. The number of amides is 2. The van der Waals surface area contributed by atoms with Crippen LogP contribution in [0.4, 0.5) is 10.1 Å². The number of carbonyl (C=O) groups is 2. The Morgan fingerprint density at radius 1 is 1.16 bits per heavy atom. The first-order chi connectivity index (χ1) is 18.4. The van der Waals surface area contributed by atoms with Crippen LogP contribution in [0.2, 0.25) is 0 Å². The van der Waals surface area contributed by atoms with Gasteiger partial charge in [-0.3, -0.25) is 23.6 Å². The predicted octanol–water partition coefficient (Wildman–Crippen LogP) is 2.97. The largest absolute Gasteiger partial charge is 0.383 e. The Hall–Kier alpha value is -4.09. The third kappa shape index (κ3) is 5.43. The number of hydrogen-bond acceptors (Lipinski definition) is 6. The molecule has 1 aliphatic heterocycles. The highest BCUT2D eigenvalue weighted by Gasteiger charge is 2.24. The fourth-order valence-corrected chi connectivity index (χ4v) is 4.83. The fourth-order valence-electron chi connectivity index (χ4n) is 4.83. The minimum Gasteiger partial charge on any atom is -0.383 e. The van der Waals surface area contributed by atoms with Crippen molar-refractivity contribution in [3.8, 4) is 11.1 Å². The monoisotopic (exact) mass is 519 g/mol. The van der Waals surface area contributed by atoms with Crippen molar-refractivity contribution in [3.05, 3.63) is 72.2 Å². The standard InChI is InChI=1S/C27H30FN7O3/c1-33-16-20(14-31-33)18-7-10-35-24(15-30-25(35)13-18)27(37)32-23-12-19(5-6-22(23)28)26(36)29-8-11-34-9-3-4-21(34)17-38-2/h5-7,10,12-16,21H,3-4,8-9,11,17H2,1-2H3,(H,29,36)(H,32,37). The quantitative estimate of drug-likeness (QED) is 0.352. The summed E-state index contributed by atoms with van der Waals surface area (Å²) in [6.07, 6.45) is 9.00. The van der Waals surface area contributed by atoms with Crippen LogP contribution in [0.25, 0.3) is 16.8 Å². The molecule has 2 amide bonds. The number of rotatable bonds is 9. The minimum atomic E-state index is -0.637. The number of pyridine rings is 1. The topological polar surface area (TPSA) is 106 Å². The normalized spacial score (nSPS) is 15.7. The van der Waals surface area contributed by atoms with Crippen LogP contribution in [-0.2, 0) is 11.8 Å². The lowest BCUT2D eigenvalue weighted by atomic mass is 10.1. The van der Waals surface area contributed by atoms with Crippen LogP contribution in [0.5, 0.6) is 0 Å². The maximum absolute atomic E-state index is 14.6. The Morgan fingerprint density at radius 2 is 2.03 bits per heavy atom. The van der Waals surface area contributed by atoms with E-state index in [4.69, 9.17) is 4.74 Å². The zero-order chi connectivity index (χ0) is 26.6. The van der Waals surface area contributed by atoms with E-state index in [0.29, 0.717) is 31.4 Å². The molecule has 0 spiro atoms. The van der Waals surface area contributed by atoms with Crippen LogP contribution in [-0.4, -0.2) is 75.3 Å². The van der Waals surface area contributed by atoms with Crippen molar-refractivity contribution in [1.29, 1.82) is 0 Å². The lowest BCUT2D eigenvalue weighted by molar-refractivity contribution is 0.0931. The van der Waals surface area contributed by atoms with Crippen molar-refractivity contribution >= 4 is 23.1 Å². The lowest BCUT2D eigenvalue weighted by Gasteiger charge is -2.23. The van der Waals surface area contributed by atoms with Gasteiger partial charge in [-0.05, 0) is 55.3 Å². The third-order valence-electron chi connectivity index (χ3n) is 6.80. The fraction of sp³-hybridized carbons (Fsp3) is 0.333. The van der Waals surface area contributed by atoms with E-state index in [1.165, 1.54) is 24.4 Å². The molecule has 11 heteroatoms. The first-order valence-corrected chi connectivity index (χ1v) is 12.5. The lowest BCUT2D eigenvalue weighted by Crippen LogP contribution is -2.39. The molecule has 1 unspecified atom stereocenters. The first kappa shape index (κ1) is 25.6. The Kier molecular flexibility index (Phi) is 7.47. The van der Waals surface area contributed by atoms with Crippen molar-refractivity contribution in [2.45, 2.75) is 18.9 Å². The maximum Gasteiger partial charge on any atom is 0.274 e. The summed E-state index contributed by atoms with van der Waals surface area (Å²) in [6.45, 7) is 2.82. The predicted molar refractivity (Wildman–Crippen MR) is 141 cm³/mol. The van der Waals surface area contributed by atoms with E-state index >= 15 is 0 Å². The van der Waals surface area contributed by atoms with Gasteiger partial charge in [-0.1, -0.05) is 0 Å². The summed E-state index contributed by atoms with van der Waals surface area (Å²) < 4.78 is 23.2. The number of aromatic nitrogens is 4. The maximum atomic E-state index is 14.6. The molecular weight excluding hydrogens is 489 g/mol. The second-order valence-corrected chi connectivity index (χ2v) is 9.38. The smallest absolute Gasteiger partial charge is 0.274 e. The van der Waals surface area contributed by atoms with Gasteiger partial charge in [-0.2, -0.15) is 5.10 Å². The van der Waals surface area contributed by atoms with Gasteiger partial charge < -0.3 is 15.4 Å². The summed E-state index contributed by atoms with van der Waals surface area (Å²) in [5, 5.41) is 9.64. The van der Waals surface area contributed by atoms with Crippen molar-refractivity contribution < 1.29 is 18.7 Å². The van der Waals surface area contributed by atoms with Crippen LogP contribution < -0.4 is 10.6 Å². The molecule has 2 N–H and O–H groups in total. The minimum absolute atomic E-state index is 0.0794. The number of benzene rings is 1. The van der Waals surface area contributed by atoms with Gasteiger partial charge >= 0.3 is 0 Å². The zero-order valence-electron chi connectivity index (χ0n) is 21.4. The Balaban J connectivity index is 1.24. The van der Waals surface area contributed by atoms with E-state index in [-0.39, 0.29) is 22.9 Å².